The maximum Gasteiger partial charge on any atom is 0.180 e. The number of Topliss-reactive ketones (excluding diaryl/α,β-unsaturated/α-hetero) is 1. The van der Waals surface area contributed by atoms with Crippen LogP contribution in [0.5, 0.6) is 0 Å². The van der Waals surface area contributed by atoms with E-state index in [1.807, 2.05) is 41.2 Å². The van der Waals surface area contributed by atoms with Crippen molar-refractivity contribution in [2.75, 3.05) is 23.3 Å². The van der Waals surface area contributed by atoms with Crippen LogP contribution in [-0.4, -0.2) is 38.2 Å². The Morgan fingerprint density at radius 1 is 0.938 bits per heavy atom. The number of benzene rings is 1. The molecule has 1 aliphatic heterocycles. The molecule has 0 spiro atoms. The summed E-state index contributed by atoms with van der Waals surface area (Å²) in [5, 5.41) is 3.40. The van der Waals surface area contributed by atoms with E-state index in [1.54, 1.807) is 6.20 Å². The highest BCUT2D eigenvalue weighted by Crippen LogP contribution is 2.29. The second kappa shape index (κ2) is 7.75. The number of imidazole rings is 1. The minimum absolute atomic E-state index is 0.276. The van der Waals surface area contributed by atoms with Crippen molar-refractivity contribution in [1.82, 2.24) is 19.4 Å². The molecule has 0 bridgehead atoms. The molecule has 0 unspecified atom stereocenters. The van der Waals surface area contributed by atoms with Crippen LogP contribution in [0, 0.1) is 0 Å². The fraction of sp³-hybridized carbons (Fsp3) is 0.280. The van der Waals surface area contributed by atoms with Crippen molar-refractivity contribution in [3.05, 3.63) is 66.2 Å². The fourth-order valence-electron chi connectivity index (χ4n) is 4.67. The molecular formula is C25H24N6O. The number of nitrogens with zero attached hydrogens (tertiary/aromatic N) is 5. The summed E-state index contributed by atoms with van der Waals surface area (Å²) in [6.45, 7) is 2.15. The van der Waals surface area contributed by atoms with E-state index in [1.165, 1.54) is 19.3 Å². The van der Waals surface area contributed by atoms with Crippen LogP contribution < -0.4 is 10.2 Å². The van der Waals surface area contributed by atoms with E-state index < -0.39 is 0 Å². The smallest absolute Gasteiger partial charge is 0.180 e. The first-order valence-electron chi connectivity index (χ1n) is 11.2. The molecule has 6 rings (SSSR count). The molecule has 32 heavy (non-hydrogen) atoms. The largest absolute Gasteiger partial charge is 0.357 e. The normalized spacial score (nSPS) is 15.9. The average molecular weight is 425 g/mol. The molecule has 1 fully saturated rings. The van der Waals surface area contributed by atoms with Crippen molar-refractivity contribution in [3.8, 4) is 11.3 Å². The summed E-state index contributed by atoms with van der Waals surface area (Å²) in [5.74, 6) is 1.98. The van der Waals surface area contributed by atoms with Crippen LogP contribution in [0.1, 0.15) is 30.4 Å². The summed E-state index contributed by atoms with van der Waals surface area (Å²) in [6, 6.07) is 10.3. The standard InChI is InChI=1S/C25H24N6O/c32-21-13-17-4-5-18(12-19(17)14-21)22-16-31-11-8-26-25(31)24(29-22)28-20-6-7-23(27-15-20)30-9-2-1-3-10-30/h4-8,11-12,15-16H,1-3,9-10,13-14H2,(H,28,29). The summed E-state index contributed by atoms with van der Waals surface area (Å²) >= 11 is 0. The summed E-state index contributed by atoms with van der Waals surface area (Å²) in [6.07, 6.45) is 12.3. The number of rotatable bonds is 4. The second-order valence-corrected chi connectivity index (χ2v) is 8.59. The molecule has 7 heteroatoms. The lowest BCUT2D eigenvalue weighted by molar-refractivity contribution is -0.117. The maximum absolute atomic E-state index is 11.8. The van der Waals surface area contributed by atoms with Gasteiger partial charge in [0, 0.05) is 50.1 Å². The van der Waals surface area contributed by atoms with Gasteiger partial charge in [-0.3, -0.25) is 4.79 Å². The zero-order chi connectivity index (χ0) is 21.5. The Balaban J connectivity index is 1.31. The molecule has 3 aromatic heterocycles. The lowest BCUT2D eigenvalue weighted by Crippen LogP contribution is -2.29. The van der Waals surface area contributed by atoms with Crippen molar-refractivity contribution >= 4 is 28.8 Å². The maximum atomic E-state index is 11.8. The third-order valence-electron chi connectivity index (χ3n) is 6.34. The van der Waals surface area contributed by atoms with Crippen molar-refractivity contribution in [2.45, 2.75) is 32.1 Å². The Bertz CT molecular complexity index is 1300. The molecule has 1 aromatic carbocycles. The van der Waals surface area contributed by atoms with Gasteiger partial charge >= 0.3 is 0 Å². The van der Waals surface area contributed by atoms with Crippen LogP contribution in [0.25, 0.3) is 16.9 Å². The van der Waals surface area contributed by atoms with Gasteiger partial charge in [-0.05, 0) is 48.6 Å². The summed E-state index contributed by atoms with van der Waals surface area (Å²) in [5.41, 5.74) is 5.69. The molecule has 4 heterocycles. The molecule has 0 amide bonds. The predicted molar refractivity (Wildman–Crippen MR) is 124 cm³/mol. The van der Waals surface area contributed by atoms with E-state index in [-0.39, 0.29) is 5.78 Å². The van der Waals surface area contributed by atoms with Crippen molar-refractivity contribution < 1.29 is 4.79 Å². The number of anilines is 3. The Morgan fingerprint density at radius 3 is 2.66 bits per heavy atom. The van der Waals surface area contributed by atoms with Crippen LogP contribution >= 0.6 is 0 Å². The third kappa shape index (κ3) is 3.49. The summed E-state index contributed by atoms with van der Waals surface area (Å²) < 4.78 is 1.97. The number of fused-ring (bicyclic) bond motifs is 2. The van der Waals surface area contributed by atoms with Crippen molar-refractivity contribution in [2.24, 2.45) is 0 Å². The molecule has 0 saturated carbocycles. The van der Waals surface area contributed by atoms with Gasteiger partial charge in [0.15, 0.2) is 11.5 Å². The lowest BCUT2D eigenvalue weighted by atomic mass is 10.0. The number of carbonyl (C=O) groups excluding carboxylic acids is 1. The summed E-state index contributed by atoms with van der Waals surface area (Å²) in [7, 11) is 0. The van der Waals surface area contributed by atoms with E-state index >= 15 is 0 Å². The van der Waals surface area contributed by atoms with E-state index in [0.717, 1.165) is 52.6 Å². The van der Waals surface area contributed by atoms with Gasteiger partial charge in [-0.2, -0.15) is 0 Å². The highest BCUT2D eigenvalue weighted by molar-refractivity contribution is 5.88. The SMILES string of the molecule is O=C1Cc2ccc(-c3cn4ccnc4c(Nc4ccc(N5CCCCC5)nc4)n3)cc2C1. The lowest BCUT2D eigenvalue weighted by Gasteiger charge is -2.27. The Kier molecular flexibility index (Phi) is 4.60. The molecule has 1 saturated heterocycles. The molecular weight excluding hydrogens is 400 g/mol. The van der Waals surface area contributed by atoms with Crippen LogP contribution in [0.3, 0.4) is 0 Å². The monoisotopic (exact) mass is 424 g/mol. The van der Waals surface area contributed by atoms with Gasteiger partial charge < -0.3 is 14.6 Å². The average Bonchev–Trinajstić information content (AvgIpc) is 3.45. The fourth-order valence-corrected chi connectivity index (χ4v) is 4.67. The number of aromatic nitrogens is 4. The topological polar surface area (TPSA) is 75.4 Å². The zero-order valence-corrected chi connectivity index (χ0v) is 17.8. The Hall–Kier alpha value is -3.74. The highest BCUT2D eigenvalue weighted by Gasteiger charge is 2.19. The molecule has 4 aromatic rings. The minimum atomic E-state index is 0.276. The second-order valence-electron chi connectivity index (χ2n) is 8.59. The van der Waals surface area contributed by atoms with E-state index in [2.05, 4.69) is 32.3 Å². The molecule has 2 aliphatic rings. The van der Waals surface area contributed by atoms with Gasteiger partial charge in [0.1, 0.15) is 11.6 Å². The van der Waals surface area contributed by atoms with Gasteiger partial charge in [0.05, 0.1) is 17.6 Å². The molecule has 0 atom stereocenters. The van der Waals surface area contributed by atoms with Crippen LogP contribution in [0.15, 0.2) is 55.1 Å². The zero-order valence-electron chi connectivity index (χ0n) is 17.8. The molecule has 160 valence electrons. The van der Waals surface area contributed by atoms with Gasteiger partial charge in [0.25, 0.3) is 0 Å². The number of nitrogens with one attached hydrogen (secondary N) is 1. The highest BCUT2D eigenvalue weighted by atomic mass is 16.1. The number of pyridine rings is 1. The van der Waals surface area contributed by atoms with E-state index in [9.17, 15) is 4.79 Å². The molecule has 1 N–H and O–H groups in total. The number of hydrogen-bond acceptors (Lipinski definition) is 6. The van der Waals surface area contributed by atoms with Crippen LogP contribution in [0.2, 0.25) is 0 Å². The first-order chi connectivity index (χ1) is 15.7. The number of carbonyl (C=O) groups is 1. The van der Waals surface area contributed by atoms with E-state index in [0.29, 0.717) is 18.7 Å². The van der Waals surface area contributed by atoms with Crippen molar-refractivity contribution in [1.29, 1.82) is 0 Å². The van der Waals surface area contributed by atoms with Crippen LogP contribution in [-0.2, 0) is 17.6 Å². The number of ketones is 1. The van der Waals surface area contributed by atoms with Crippen molar-refractivity contribution in [3.63, 3.8) is 0 Å². The molecule has 7 nitrogen and oxygen atoms in total. The van der Waals surface area contributed by atoms with Gasteiger partial charge in [-0.15, -0.1) is 0 Å². The molecule has 1 aliphatic carbocycles. The predicted octanol–water partition coefficient (Wildman–Crippen LogP) is 4.19. The quantitative estimate of drug-likeness (QED) is 0.529. The minimum Gasteiger partial charge on any atom is -0.357 e. The van der Waals surface area contributed by atoms with Gasteiger partial charge in [0.2, 0.25) is 0 Å². The molecule has 0 radical (unpaired) electrons. The van der Waals surface area contributed by atoms with Gasteiger partial charge in [-0.1, -0.05) is 12.1 Å². The Labute approximate surface area is 186 Å². The van der Waals surface area contributed by atoms with Gasteiger partial charge in [-0.25, -0.2) is 15.0 Å². The van der Waals surface area contributed by atoms with Crippen LogP contribution in [0.4, 0.5) is 17.3 Å². The summed E-state index contributed by atoms with van der Waals surface area (Å²) in [4.78, 5) is 28.2. The van der Waals surface area contributed by atoms with E-state index in [4.69, 9.17) is 4.98 Å². The first kappa shape index (κ1) is 19.0. The third-order valence-corrected chi connectivity index (χ3v) is 6.34. The first-order valence-corrected chi connectivity index (χ1v) is 11.2. The number of hydrogen-bond donors (Lipinski definition) is 1. The Morgan fingerprint density at radius 2 is 1.81 bits per heavy atom. The number of piperidine rings is 1.